The summed E-state index contributed by atoms with van der Waals surface area (Å²) < 4.78 is 0. The molecule has 0 aliphatic carbocycles. The van der Waals surface area contributed by atoms with Gasteiger partial charge in [-0.3, -0.25) is 0 Å². The predicted octanol–water partition coefficient (Wildman–Crippen LogP) is 8.99. The fourth-order valence-electron chi connectivity index (χ4n) is 4.90. The number of hydrogen-bond donors (Lipinski definition) is 0. The van der Waals surface area contributed by atoms with Gasteiger partial charge in [0.15, 0.2) is 0 Å². The maximum absolute atomic E-state index is 3.91. The molecule has 24 heavy (non-hydrogen) atoms. The third-order valence-corrected chi connectivity index (χ3v) is 5.07. The molecule has 0 heterocycles. The van der Waals surface area contributed by atoms with Crippen LogP contribution in [0.3, 0.4) is 0 Å². The molecule has 0 atom stereocenters. The second-order valence-electron chi connectivity index (χ2n) is 11.0. The first-order chi connectivity index (χ1) is 11.0. The van der Waals surface area contributed by atoms with Crippen molar-refractivity contribution in [1.29, 1.82) is 0 Å². The fraction of sp³-hybridized carbons (Fsp3) is 0.958. The fourth-order valence-corrected chi connectivity index (χ4v) is 4.90. The van der Waals surface area contributed by atoms with E-state index in [1.54, 1.807) is 0 Å². The van der Waals surface area contributed by atoms with Gasteiger partial charge < -0.3 is 0 Å². The van der Waals surface area contributed by atoms with E-state index in [1.165, 1.54) is 77.0 Å². The van der Waals surface area contributed by atoms with Crippen LogP contribution < -0.4 is 0 Å². The van der Waals surface area contributed by atoms with E-state index in [4.69, 9.17) is 0 Å². The molecule has 1 radical (unpaired) electrons. The van der Waals surface area contributed by atoms with Crippen molar-refractivity contribution in [2.75, 3.05) is 0 Å². The lowest BCUT2D eigenvalue weighted by molar-refractivity contribution is 0.125. The van der Waals surface area contributed by atoms with E-state index in [0.29, 0.717) is 16.2 Å². The molecule has 0 N–H and O–H groups in total. The molecule has 0 rings (SSSR count). The molecule has 0 fully saturated rings. The van der Waals surface area contributed by atoms with Crippen molar-refractivity contribution >= 4 is 0 Å². The van der Waals surface area contributed by atoms with E-state index in [2.05, 4.69) is 55.4 Å². The van der Waals surface area contributed by atoms with Gasteiger partial charge in [0.2, 0.25) is 0 Å². The van der Waals surface area contributed by atoms with Crippen molar-refractivity contribution in [2.24, 2.45) is 16.2 Å². The lowest BCUT2D eigenvalue weighted by Crippen LogP contribution is -2.27. The molecule has 0 aromatic carbocycles. The van der Waals surface area contributed by atoms with Crippen molar-refractivity contribution in [3.8, 4) is 0 Å². The zero-order chi connectivity index (χ0) is 18.7. The highest BCUT2D eigenvalue weighted by molar-refractivity contribution is 4.83. The van der Waals surface area contributed by atoms with Crippen LogP contribution in [0, 0.1) is 23.2 Å². The average molecular weight is 338 g/mol. The number of hydrogen-bond acceptors (Lipinski definition) is 0. The minimum absolute atomic E-state index is 0.438. The molecule has 0 aliphatic rings. The molecule has 0 aromatic heterocycles. The van der Waals surface area contributed by atoms with E-state index < -0.39 is 0 Å². The summed E-state index contributed by atoms with van der Waals surface area (Å²) in [5.74, 6) is 0. The molecule has 0 saturated heterocycles. The van der Waals surface area contributed by atoms with Gasteiger partial charge in [0.25, 0.3) is 0 Å². The molecule has 0 spiro atoms. The van der Waals surface area contributed by atoms with Crippen molar-refractivity contribution in [3.05, 3.63) is 6.92 Å². The molecule has 145 valence electrons. The summed E-state index contributed by atoms with van der Waals surface area (Å²) in [6, 6.07) is 0. The summed E-state index contributed by atoms with van der Waals surface area (Å²) in [5.41, 5.74) is 1.38. The Labute approximate surface area is 155 Å². The summed E-state index contributed by atoms with van der Waals surface area (Å²) in [6.45, 7) is 20.9. The maximum Gasteiger partial charge on any atom is -0.0344 e. The molecule has 0 aromatic rings. The van der Waals surface area contributed by atoms with Crippen LogP contribution in [0.1, 0.15) is 132 Å². The largest absolute Gasteiger partial charge is 0.0602 e. The van der Waals surface area contributed by atoms with Gasteiger partial charge in [-0.2, -0.15) is 0 Å². The van der Waals surface area contributed by atoms with Gasteiger partial charge in [-0.15, -0.1) is 0 Å². The van der Waals surface area contributed by atoms with Gasteiger partial charge in [-0.25, -0.2) is 0 Å². The monoisotopic (exact) mass is 337 g/mol. The van der Waals surface area contributed by atoms with E-state index >= 15 is 0 Å². The molecule has 0 saturated carbocycles. The van der Waals surface area contributed by atoms with Crippen LogP contribution >= 0.6 is 0 Å². The van der Waals surface area contributed by atoms with Gasteiger partial charge in [0.1, 0.15) is 0 Å². The predicted molar refractivity (Wildman–Crippen MR) is 112 cm³/mol. The highest BCUT2D eigenvalue weighted by atomic mass is 14.4. The minimum Gasteiger partial charge on any atom is -0.0602 e. The van der Waals surface area contributed by atoms with Gasteiger partial charge >= 0.3 is 0 Å². The second-order valence-corrected chi connectivity index (χ2v) is 11.0. The van der Waals surface area contributed by atoms with Crippen LogP contribution in [0.25, 0.3) is 0 Å². The zero-order valence-electron chi connectivity index (χ0n) is 18.4. The Balaban J connectivity index is 3.77. The average Bonchev–Trinajstić information content (AvgIpc) is 2.36. The summed E-state index contributed by atoms with van der Waals surface area (Å²) in [6.07, 6.45) is 17.9. The van der Waals surface area contributed by atoms with Crippen molar-refractivity contribution in [1.82, 2.24) is 0 Å². The third kappa shape index (κ3) is 15.5. The van der Waals surface area contributed by atoms with Gasteiger partial charge in [0, 0.05) is 0 Å². The smallest absolute Gasteiger partial charge is 0.0344 e. The van der Waals surface area contributed by atoms with E-state index in [0.717, 1.165) is 6.42 Å². The van der Waals surface area contributed by atoms with Crippen LogP contribution in [0.15, 0.2) is 0 Å². The molecular formula is C24H49. The zero-order valence-corrected chi connectivity index (χ0v) is 18.4. The normalized spacial score (nSPS) is 13.5. The third-order valence-electron chi connectivity index (χ3n) is 5.07. The molecule has 0 heteroatoms. The topological polar surface area (TPSA) is 0 Å². The summed E-state index contributed by atoms with van der Waals surface area (Å²) >= 11 is 0. The molecule has 0 bridgehead atoms. The molecule has 0 aliphatic heterocycles. The van der Waals surface area contributed by atoms with Crippen molar-refractivity contribution < 1.29 is 0 Å². The highest BCUT2D eigenvalue weighted by Crippen LogP contribution is 2.43. The Hall–Kier alpha value is 0. The van der Waals surface area contributed by atoms with Crippen molar-refractivity contribution in [3.63, 3.8) is 0 Å². The van der Waals surface area contributed by atoms with E-state index in [9.17, 15) is 0 Å². The second kappa shape index (κ2) is 11.6. The quantitative estimate of drug-likeness (QED) is 0.277. The lowest BCUT2D eigenvalue weighted by Gasteiger charge is -2.39. The number of rotatable bonds is 14. The van der Waals surface area contributed by atoms with Crippen LogP contribution in [-0.2, 0) is 0 Å². The first kappa shape index (κ1) is 24.0. The van der Waals surface area contributed by atoms with Crippen LogP contribution in [0.5, 0.6) is 0 Å². The first-order valence-electron chi connectivity index (χ1n) is 10.8. The van der Waals surface area contributed by atoms with Crippen LogP contribution in [0.2, 0.25) is 0 Å². The maximum atomic E-state index is 3.91. The Morgan fingerprint density at radius 2 is 0.917 bits per heavy atom. The number of unbranched alkanes of at least 4 members (excludes halogenated alkanes) is 9. The SMILES string of the molecule is [CH2]CCCCCCCCCCCC(C)(C)CC(C)(C)CC(C)(C)C. The van der Waals surface area contributed by atoms with Crippen LogP contribution in [0.4, 0.5) is 0 Å². The molecule has 0 unspecified atom stereocenters. The lowest BCUT2D eigenvalue weighted by atomic mass is 9.67. The molecule has 0 amide bonds. The first-order valence-corrected chi connectivity index (χ1v) is 10.8. The van der Waals surface area contributed by atoms with E-state index in [1.807, 2.05) is 0 Å². The summed E-state index contributed by atoms with van der Waals surface area (Å²) in [5, 5.41) is 0. The minimum atomic E-state index is 0.438. The van der Waals surface area contributed by atoms with Gasteiger partial charge in [-0.1, -0.05) is 120 Å². The van der Waals surface area contributed by atoms with Crippen molar-refractivity contribution in [2.45, 2.75) is 132 Å². The molecule has 0 nitrogen and oxygen atoms in total. The Bertz CT molecular complexity index is 290. The standard InChI is InChI=1S/C24H49/c1-9-10-11-12-13-14-15-16-17-18-19-23(5,6)21-24(7,8)20-22(2,3)4/h1,9-21H2,2-8H3. The Morgan fingerprint density at radius 3 is 1.33 bits per heavy atom. The summed E-state index contributed by atoms with van der Waals surface area (Å²) in [7, 11) is 0. The Kier molecular flexibility index (Phi) is 11.6. The van der Waals surface area contributed by atoms with Crippen LogP contribution in [-0.4, -0.2) is 0 Å². The Morgan fingerprint density at radius 1 is 0.500 bits per heavy atom. The van der Waals surface area contributed by atoms with E-state index in [-0.39, 0.29) is 0 Å². The summed E-state index contributed by atoms with van der Waals surface area (Å²) in [4.78, 5) is 0. The van der Waals surface area contributed by atoms with Gasteiger partial charge in [-0.05, 0) is 35.5 Å². The van der Waals surface area contributed by atoms with Gasteiger partial charge in [0.05, 0.1) is 0 Å². The highest BCUT2D eigenvalue weighted by Gasteiger charge is 2.31. The molecular weight excluding hydrogens is 288 g/mol.